The summed E-state index contributed by atoms with van der Waals surface area (Å²) in [6.45, 7) is 0.385. The van der Waals surface area contributed by atoms with E-state index < -0.39 is 6.04 Å². The molecule has 0 spiro atoms. The standard InChI is InChI=1S/C13H13NO3S/c15-6-2-3-9(8-16)14-7-11-10(13(14)17)4-1-5-12(11)18/h1,4-6,8-9,18H,2-3,7H2. The Bertz CT molecular complexity index is 501. The van der Waals surface area contributed by atoms with Gasteiger partial charge < -0.3 is 14.5 Å². The normalized spacial score (nSPS) is 15.4. The van der Waals surface area contributed by atoms with Gasteiger partial charge in [-0.15, -0.1) is 12.6 Å². The van der Waals surface area contributed by atoms with Crippen molar-refractivity contribution in [3.63, 3.8) is 0 Å². The third kappa shape index (κ3) is 2.18. The van der Waals surface area contributed by atoms with E-state index in [0.717, 1.165) is 23.0 Å². The number of benzene rings is 1. The van der Waals surface area contributed by atoms with Crippen LogP contribution in [-0.4, -0.2) is 29.4 Å². The largest absolute Gasteiger partial charge is 0.324 e. The lowest BCUT2D eigenvalue weighted by Crippen LogP contribution is -2.36. The molecule has 0 fully saturated rings. The molecule has 18 heavy (non-hydrogen) atoms. The zero-order valence-corrected chi connectivity index (χ0v) is 10.6. The molecule has 0 saturated heterocycles. The molecule has 0 radical (unpaired) electrons. The maximum atomic E-state index is 12.2. The molecule has 1 aromatic rings. The number of hydrogen-bond acceptors (Lipinski definition) is 4. The molecule has 0 bridgehead atoms. The molecule has 0 aromatic heterocycles. The van der Waals surface area contributed by atoms with Crippen molar-refractivity contribution >= 4 is 31.1 Å². The number of amides is 1. The molecule has 4 nitrogen and oxygen atoms in total. The van der Waals surface area contributed by atoms with Gasteiger partial charge >= 0.3 is 0 Å². The number of nitrogens with zero attached hydrogens (tertiary/aromatic N) is 1. The lowest BCUT2D eigenvalue weighted by molar-refractivity contribution is -0.112. The van der Waals surface area contributed by atoms with E-state index in [9.17, 15) is 14.4 Å². The number of hydrogen-bond donors (Lipinski definition) is 1. The van der Waals surface area contributed by atoms with Crippen LogP contribution in [0, 0.1) is 0 Å². The van der Waals surface area contributed by atoms with Crippen LogP contribution in [-0.2, 0) is 16.1 Å². The second-order valence-corrected chi connectivity index (χ2v) is 4.67. The van der Waals surface area contributed by atoms with Crippen molar-refractivity contribution in [1.29, 1.82) is 0 Å². The van der Waals surface area contributed by atoms with Crippen LogP contribution in [0.1, 0.15) is 28.8 Å². The second kappa shape index (κ2) is 5.35. The van der Waals surface area contributed by atoms with Crippen LogP contribution in [0.4, 0.5) is 0 Å². The van der Waals surface area contributed by atoms with Crippen molar-refractivity contribution < 1.29 is 14.4 Å². The number of rotatable bonds is 5. The van der Waals surface area contributed by atoms with Gasteiger partial charge in [0.05, 0.1) is 6.04 Å². The first-order valence-electron chi connectivity index (χ1n) is 5.69. The Morgan fingerprint density at radius 2 is 2.17 bits per heavy atom. The Kier molecular flexibility index (Phi) is 3.81. The molecule has 5 heteroatoms. The molecule has 0 saturated carbocycles. The average molecular weight is 263 g/mol. The van der Waals surface area contributed by atoms with Crippen molar-refractivity contribution in [2.24, 2.45) is 0 Å². The highest BCUT2D eigenvalue weighted by Gasteiger charge is 2.33. The Balaban J connectivity index is 2.24. The minimum absolute atomic E-state index is 0.163. The van der Waals surface area contributed by atoms with Gasteiger partial charge in [0.15, 0.2) is 0 Å². The van der Waals surface area contributed by atoms with E-state index in [4.69, 9.17) is 0 Å². The van der Waals surface area contributed by atoms with Crippen molar-refractivity contribution in [3.8, 4) is 0 Å². The van der Waals surface area contributed by atoms with Crippen LogP contribution < -0.4 is 0 Å². The first kappa shape index (κ1) is 12.8. The summed E-state index contributed by atoms with van der Waals surface area (Å²) in [5, 5.41) is 0. The third-order valence-electron chi connectivity index (χ3n) is 3.11. The molecule has 1 unspecified atom stereocenters. The first-order valence-corrected chi connectivity index (χ1v) is 6.14. The Labute approximate surface area is 110 Å². The summed E-state index contributed by atoms with van der Waals surface area (Å²) in [7, 11) is 0. The van der Waals surface area contributed by atoms with E-state index in [1.165, 1.54) is 4.90 Å². The molecule has 1 aromatic carbocycles. The van der Waals surface area contributed by atoms with Crippen LogP contribution >= 0.6 is 12.6 Å². The van der Waals surface area contributed by atoms with Gasteiger partial charge in [0, 0.05) is 23.4 Å². The van der Waals surface area contributed by atoms with Crippen LogP contribution in [0.25, 0.3) is 0 Å². The quantitative estimate of drug-likeness (QED) is 0.646. The van der Waals surface area contributed by atoms with Crippen LogP contribution in [0.5, 0.6) is 0 Å². The van der Waals surface area contributed by atoms with E-state index in [1.54, 1.807) is 12.1 Å². The lowest BCUT2D eigenvalue weighted by Gasteiger charge is -2.22. The Morgan fingerprint density at radius 1 is 1.39 bits per heavy atom. The van der Waals surface area contributed by atoms with Crippen molar-refractivity contribution in [3.05, 3.63) is 29.3 Å². The van der Waals surface area contributed by atoms with E-state index in [2.05, 4.69) is 12.6 Å². The molecule has 1 aliphatic heterocycles. The highest BCUT2D eigenvalue weighted by atomic mass is 32.1. The van der Waals surface area contributed by atoms with Gasteiger partial charge in [-0.3, -0.25) is 4.79 Å². The fraction of sp³-hybridized carbons (Fsp3) is 0.308. The van der Waals surface area contributed by atoms with Gasteiger partial charge in [-0.25, -0.2) is 0 Å². The summed E-state index contributed by atoms with van der Waals surface area (Å²) in [6.07, 6.45) is 2.13. The van der Waals surface area contributed by atoms with Gasteiger partial charge in [0.25, 0.3) is 5.91 Å². The first-order chi connectivity index (χ1) is 8.69. The molecular formula is C13H13NO3S. The lowest BCUT2D eigenvalue weighted by atomic mass is 10.1. The predicted molar refractivity (Wildman–Crippen MR) is 68.7 cm³/mol. The molecule has 0 N–H and O–H groups in total. The fourth-order valence-corrected chi connectivity index (χ4v) is 2.42. The molecule has 1 amide bonds. The number of carbonyl (C=O) groups is 3. The smallest absolute Gasteiger partial charge is 0.255 e. The summed E-state index contributed by atoms with van der Waals surface area (Å²) >= 11 is 4.31. The topological polar surface area (TPSA) is 54.5 Å². The molecule has 1 heterocycles. The van der Waals surface area contributed by atoms with Crippen molar-refractivity contribution in [2.75, 3.05) is 0 Å². The van der Waals surface area contributed by atoms with Crippen molar-refractivity contribution in [1.82, 2.24) is 4.90 Å². The maximum absolute atomic E-state index is 12.2. The fourth-order valence-electron chi connectivity index (χ4n) is 2.14. The monoisotopic (exact) mass is 263 g/mol. The molecule has 2 rings (SSSR count). The van der Waals surface area contributed by atoms with Crippen LogP contribution in [0.15, 0.2) is 23.1 Å². The van der Waals surface area contributed by atoms with E-state index in [1.807, 2.05) is 6.07 Å². The van der Waals surface area contributed by atoms with Crippen LogP contribution in [0.3, 0.4) is 0 Å². The van der Waals surface area contributed by atoms with Gasteiger partial charge in [0.1, 0.15) is 12.6 Å². The van der Waals surface area contributed by atoms with Gasteiger partial charge in [0.2, 0.25) is 0 Å². The highest BCUT2D eigenvalue weighted by molar-refractivity contribution is 7.80. The number of carbonyl (C=O) groups excluding carboxylic acids is 3. The van der Waals surface area contributed by atoms with Gasteiger partial charge in [-0.1, -0.05) is 6.07 Å². The molecule has 1 aliphatic rings. The summed E-state index contributed by atoms with van der Waals surface area (Å²) in [5.41, 5.74) is 1.45. The SMILES string of the molecule is O=CCCC(C=O)N1Cc2c(S)cccc2C1=O. The molecule has 0 aliphatic carbocycles. The summed E-state index contributed by atoms with van der Waals surface area (Å²) in [4.78, 5) is 35.8. The third-order valence-corrected chi connectivity index (χ3v) is 3.53. The average Bonchev–Trinajstić information content (AvgIpc) is 2.70. The number of thiol groups is 1. The Hall–Kier alpha value is -1.62. The summed E-state index contributed by atoms with van der Waals surface area (Å²) < 4.78 is 0. The van der Waals surface area contributed by atoms with E-state index in [-0.39, 0.29) is 12.3 Å². The summed E-state index contributed by atoms with van der Waals surface area (Å²) in [6, 6.07) is 4.78. The minimum Gasteiger partial charge on any atom is -0.324 e. The van der Waals surface area contributed by atoms with Gasteiger partial charge in [-0.05, 0) is 24.1 Å². The van der Waals surface area contributed by atoms with Crippen molar-refractivity contribution in [2.45, 2.75) is 30.3 Å². The second-order valence-electron chi connectivity index (χ2n) is 4.18. The number of aldehydes is 2. The predicted octanol–water partition coefficient (Wildman–Crippen LogP) is 1.48. The number of fused-ring (bicyclic) bond motifs is 1. The maximum Gasteiger partial charge on any atom is 0.255 e. The van der Waals surface area contributed by atoms with E-state index >= 15 is 0 Å². The van der Waals surface area contributed by atoms with Gasteiger partial charge in [-0.2, -0.15) is 0 Å². The molecular weight excluding hydrogens is 250 g/mol. The zero-order valence-electron chi connectivity index (χ0n) is 9.70. The molecule has 1 atom stereocenters. The molecule has 94 valence electrons. The van der Waals surface area contributed by atoms with Crippen LogP contribution in [0.2, 0.25) is 0 Å². The zero-order chi connectivity index (χ0) is 13.1. The summed E-state index contributed by atoms with van der Waals surface area (Å²) in [5.74, 6) is -0.163. The van der Waals surface area contributed by atoms with E-state index in [0.29, 0.717) is 18.5 Å². The Morgan fingerprint density at radius 3 is 2.78 bits per heavy atom. The minimum atomic E-state index is -0.539. The highest BCUT2D eigenvalue weighted by Crippen LogP contribution is 2.29.